The van der Waals surface area contributed by atoms with E-state index in [1.165, 1.54) is 0 Å². The molecule has 0 aliphatic rings. The Balaban J connectivity index is 1.80. The largest absolute Gasteiger partial charge is 0.310 e. The van der Waals surface area contributed by atoms with Gasteiger partial charge in [-0.1, -0.05) is 18.2 Å². The summed E-state index contributed by atoms with van der Waals surface area (Å²) in [4.78, 5) is 2.50. The SMILES string of the molecule is CC(C)N(CCNCc1ccn(-c2ccccc2)n1)C(C)C. The molecule has 1 N–H and O–H groups in total. The minimum atomic E-state index is 0.582. The van der Waals surface area contributed by atoms with Crippen LogP contribution in [0.5, 0.6) is 0 Å². The second-order valence-electron chi connectivity index (χ2n) is 6.19. The molecule has 1 aromatic carbocycles. The van der Waals surface area contributed by atoms with Gasteiger partial charge in [-0.05, 0) is 45.9 Å². The van der Waals surface area contributed by atoms with Crippen LogP contribution in [0.2, 0.25) is 0 Å². The molecule has 0 spiro atoms. The zero-order chi connectivity index (χ0) is 15.9. The topological polar surface area (TPSA) is 33.1 Å². The van der Waals surface area contributed by atoms with Crippen molar-refractivity contribution in [2.45, 2.75) is 46.3 Å². The fraction of sp³-hybridized carbons (Fsp3) is 0.500. The summed E-state index contributed by atoms with van der Waals surface area (Å²) in [6, 6.07) is 13.4. The first-order valence-electron chi connectivity index (χ1n) is 8.14. The number of nitrogens with zero attached hydrogens (tertiary/aromatic N) is 3. The predicted octanol–water partition coefficient (Wildman–Crippen LogP) is 3.08. The van der Waals surface area contributed by atoms with E-state index in [4.69, 9.17) is 0 Å². The summed E-state index contributed by atoms with van der Waals surface area (Å²) in [6.45, 7) is 11.9. The first-order valence-corrected chi connectivity index (χ1v) is 8.14. The van der Waals surface area contributed by atoms with Gasteiger partial charge >= 0.3 is 0 Å². The highest BCUT2D eigenvalue weighted by Gasteiger charge is 2.12. The molecule has 0 atom stereocenters. The van der Waals surface area contributed by atoms with E-state index in [2.05, 4.69) is 61.2 Å². The third kappa shape index (κ3) is 4.68. The van der Waals surface area contributed by atoms with E-state index in [-0.39, 0.29) is 0 Å². The van der Waals surface area contributed by atoms with Gasteiger partial charge in [-0.15, -0.1) is 0 Å². The minimum Gasteiger partial charge on any atom is -0.310 e. The molecule has 0 saturated carbocycles. The molecule has 0 amide bonds. The summed E-state index contributed by atoms with van der Waals surface area (Å²) in [5.74, 6) is 0. The van der Waals surface area contributed by atoms with Gasteiger partial charge in [0.05, 0.1) is 11.4 Å². The zero-order valence-electron chi connectivity index (χ0n) is 14.2. The van der Waals surface area contributed by atoms with Crippen molar-refractivity contribution in [1.82, 2.24) is 20.0 Å². The number of hydrogen-bond acceptors (Lipinski definition) is 3. The van der Waals surface area contributed by atoms with Gasteiger partial charge in [0, 0.05) is 37.9 Å². The van der Waals surface area contributed by atoms with Gasteiger partial charge < -0.3 is 5.32 Å². The number of para-hydroxylation sites is 1. The maximum atomic E-state index is 4.61. The van der Waals surface area contributed by atoms with Crippen molar-refractivity contribution in [1.29, 1.82) is 0 Å². The number of hydrogen-bond donors (Lipinski definition) is 1. The molecule has 120 valence electrons. The van der Waals surface area contributed by atoms with Gasteiger partial charge in [-0.2, -0.15) is 5.10 Å². The van der Waals surface area contributed by atoms with Crippen LogP contribution in [0.3, 0.4) is 0 Å². The highest BCUT2D eigenvalue weighted by molar-refractivity contribution is 5.30. The smallest absolute Gasteiger partial charge is 0.0766 e. The Kier molecular flexibility index (Phi) is 6.16. The number of rotatable bonds is 8. The summed E-state index contributed by atoms with van der Waals surface area (Å²) in [5.41, 5.74) is 2.17. The van der Waals surface area contributed by atoms with Crippen LogP contribution in [-0.2, 0) is 6.54 Å². The van der Waals surface area contributed by atoms with Crippen molar-refractivity contribution in [2.75, 3.05) is 13.1 Å². The van der Waals surface area contributed by atoms with Gasteiger partial charge in [0.15, 0.2) is 0 Å². The lowest BCUT2D eigenvalue weighted by atomic mass is 10.2. The first-order chi connectivity index (χ1) is 10.6. The molecular formula is C18H28N4. The molecular weight excluding hydrogens is 272 g/mol. The van der Waals surface area contributed by atoms with Crippen LogP contribution in [0, 0.1) is 0 Å². The summed E-state index contributed by atoms with van der Waals surface area (Å²) in [6.07, 6.45) is 2.01. The van der Waals surface area contributed by atoms with Crippen LogP contribution < -0.4 is 5.32 Å². The Labute approximate surface area is 134 Å². The maximum Gasteiger partial charge on any atom is 0.0766 e. The number of nitrogens with one attached hydrogen (secondary N) is 1. The predicted molar refractivity (Wildman–Crippen MR) is 92.2 cm³/mol. The average molecular weight is 300 g/mol. The standard InChI is InChI=1S/C18H28N4/c1-15(2)21(16(3)4)13-11-19-14-17-10-12-22(20-17)18-8-6-5-7-9-18/h5-10,12,15-16,19H,11,13-14H2,1-4H3. The van der Waals surface area contributed by atoms with E-state index in [1.807, 2.05) is 29.1 Å². The highest BCUT2D eigenvalue weighted by atomic mass is 15.3. The molecule has 1 heterocycles. The van der Waals surface area contributed by atoms with E-state index < -0.39 is 0 Å². The fourth-order valence-electron chi connectivity index (χ4n) is 2.72. The van der Waals surface area contributed by atoms with Gasteiger partial charge in [0.2, 0.25) is 0 Å². The van der Waals surface area contributed by atoms with E-state index in [1.54, 1.807) is 0 Å². The van der Waals surface area contributed by atoms with Crippen LogP contribution in [-0.4, -0.2) is 39.9 Å². The summed E-state index contributed by atoms with van der Waals surface area (Å²) >= 11 is 0. The zero-order valence-corrected chi connectivity index (χ0v) is 14.2. The third-order valence-corrected chi connectivity index (χ3v) is 3.84. The summed E-state index contributed by atoms with van der Waals surface area (Å²) < 4.78 is 1.92. The van der Waals surface area contributed by atoms with E-state index in [0.717, 1.165) is 31.0 Å². The van der Waals surface area contributed by atoms with Crippen molar-refractivity contribution >= 4 is 0 Å². The van der Waals surface area contributed by atoms with E-state index >= 15 is 0 Å². The van der Waals surface area contributed by atoms with Crippen molar-refractivity contribution < 1.29 is 0 Å². The van der Waals surface area contributed by atoms with Crippen LogP contribution in [0.4, 0.5) is 0 Å². The second-order valence-corrected chi connectivity index (χ2v) is 6.19. The molecule has 0 aliphatic carbocycles. The van der Waals surface area contributed by atoms with Gasteiger partial charge in [-0.25, -0.2) is 4.68 Å². The molecule has 0 aliphatic heterocycles. The first kappa shape index (κ1) is 16.7. The van der Waals surface area contributed by atoms with Gasteiger partial charge in [-0.3, -0.25) is 4.90 Å². The van der Waals surface area contributed by atoms with E-state index in [0.29, 0.717) is 12.1 Å². The molecule has 0 radical (unpaired) electrons. The van der Waals surface area contributed by atoms with Gasteiger partial charge in [0.1, 0.15) is 0 Å². The fourth-order valence-corrected chi connectivity index (χ4v) is 2.72. The Morgan fingerprint density at radius 2 is 1.73 bits per heavy atom. The molecule has 4 heteroatoms. The minimum absolute atomic E-state index is 0.582. The normalized spacial score (nSPS) is 11.8. The quantitative estimate of drug-likeness (QED) is 0.761. The lowest BCUT2D eigenvalue weighted by Gasteiger charge is -2.30. The Bertz CT molecular complexity index is 537. The summed E-state index contributed by atoms with van der Waals surface area (Å²) in [7, 11) is 0. The Hall–Kier alpha value is -1.65. The second kappa shape index (κ2) is 8.11. The molecule has 2 rings (SSSR count). The third-order valence-electron chi connectivity index (χ3n) is 3.84. The molecule has 0 fully saturated rings. The molecule has 22 heavy (non-hydrogen) atoms. The molecule has 0 bridgehead atoms. The van der Waals surface area contributed by atoms with Crippen molar-refractivity contribution in [3.63, 3.8) is 0 Å². The highest BCUT2D eigenvalue weighted by Crippen LogP contribution is 2.07. The molecule has 2 aromatic rings. The maximum absolute atomic E-state index is 4.61. The van der Waals surface area contributed by atoms with Gasteiger partial charge in [0.25, 0.3) is 0 Å². The van der Waals surface area contributed by atoms with Crippen molar-refractivity contribution in [3.8, 4) is 5.69 Å². The molecule has 0 saturated heterocycles. The summed E-state index contributed by atoms with van der Waals surface area (Å²) in [5, 5.41) is 8.10. The van der Waals surface area contributed by atoms with E-state index in [9.17, 15) is 0 Å². The van der Waals surface area contributed by atoms with Crippen LogP contribution in [0.25, 0.3) is 5.69 Å². The Morgan fingerprint density at radius 1 is 1.05 bits per heavy atom. The monoisotopic (exact) mass is 300 g/mol. The van der Waals surface area contributed by atoms with Crippen molar-refractivity contribution in [2.24, 2.45) is 0 Å². The van der Waals surface area contributed by atoms with Crippen LogP contribution >= 0.6 is 0 Å². The van der Waals surface area contributed by atoms with Crippen molar-refractivity contribution in [3.05, 3.63) is 48.3 Å². The molecule has 4 nitrogen and oxygen atoms in total. The lowest BCUT2D eigenvalue weighted by Crippen LogP contribution is -2.41. The number of aromatic nitrogens is 2. The Morgan fingerprint density at radius 3 is 2.36 bits per heavy atom. The molecule has 0 unspecified atom stereocenters. The van der Waals surface area contributed by atoms with Crippen LogP contribution in [0.1, 0.15) is 33.4 Å². The lowest BCUT2D eigenvalue weighted by molar-refractivity contribution is 0.175. The average Bonchev–Trinajstić information content (AvgIpc) is 2.96. The van der Waals surface area contributed by atoms with Crippen LogP contribution in [0.15, 0.2) is 42.6 Å². The molecule has 1 aromatic heterocycles. The number of benzene rings is 1.